The molecule has 0 saturated carbocycles. The van der Waals surface area contributed by atoms with Crippen molar-refractivity contribution in [3.63, 3.8) is 0 Å². The Morgan fingerprint density at radius 2 is 2.10 bits per heavy atom. The van der Waals surface area contributed by atoms with Gasteiger partial charge in [0.15, 0.2) is 0 Å². The van der Waals surface area contributed by atoms with Crippen LogP contribution in [0, 0.1) is 5.41 Å². The molecule has 2 unspecified atom stereocenters. The Morgan fingerprint density at radius 3 is 2.76 bits per heavy atom. The highest BCUT2D eigenvalue weighted by Crippen LogP contribution is 2.36. The first-order valence-corrected chi connectivity index (χ1v) is 7.87. The van der Waals surface area contributed by atoms with Crippen LogP contribution < -0.4 is 0 Å². The van der Waals surface area contributed by atoms with Crippen LogP contribution in [0.4, 0.5) is 4.79 Å². The van der Waals surface area contributed by atoms with Gasteiger partial charge in [0.25, 0.3) is 0 Å². The molecule has 0 spiro atoms. The highest BCUT2D eigenvalue weighted by molar-refractivity contribution is 5.79. The summed E-state index contributed by atoms with van der Waals surface area (Å²) in [7, 11) is 0. The van der Waals surface area contributed by atoms with Crippen LogP contribution >= 0.6 is 0 Å². The van der Waals surface area contributed by atoms with E-state index in [1.165, 1.54) is 0 Å². The fraction of sp³-hybridized carbons (Fsp3) is 0.867. The third-order valence-electron chi connectivity index (χ3n) is 4.53. The zero-order chi connectivity index (χ0) is 15.5. The van der Waals surface area contributed by atoms with Gasteiger partial charge in [-0.25, -0.2) is 4.79 Å². The minimum atomic E-state index is -0.771. The van der Waals surface area contributed by atoms with Crippen molar-refractivity contribution < 1.29 is 19.4 Å². The molecule has 21 heavy (non-hydrogen) atoms. The van der Waals surface area contributed by atoms with E-state index in [0.717, 1.165) is 12.8 Å². The van der Waals surface area contributed by atoms with E-state index in [-0.39, 0.29) is 12.1 Å². The number of aliphatic carboxylic acids is 1. The lowest BCUT2D eigenvalue weighted by atomic mass is 9.83. The monoisotopic (exact) mass is 298 g/mol. The first-order valence-electron chi connectivity index (χ1n) is 7.87. The van der Waals surface area contributed by atoms with Crippen LogP contribution in [-0.2, 0) is 9.53 Å². The summed E-state index contributed by atoms with van der Waals surface area (Å²) < 4.78 is 5.56. The summed E-state index contributed by atoms with van der Waals surface area (Å²) in [6, 6.07) is -0.0356. The second kappa shape index (κ2) is 6.64. The number of amides is 2. The summed E-state index contributed by atoms with van der Waals surface area (Å²) in [5.74, 6) is -0.771. The van der Waals surface area contributed by atoms with Crippen LogP contribution in [-0.4, -0.2) is 65.8 Å². The molecule has 0 aromatic carbocycles. The Hall–Kier alpha value is -1.30. The number of urea groups is 1. The van der Waals surface area contributed by atoms with E-state index in [2.05, 4.69) is 0 Å². The van der Waals surface area contributed by atoms with E-state index in [1.807, 2.05) is 18.7 Å². The molecule has 120 valence electrons. The number of hydrogen-bond acceptors (Lipinski definition) is 3. The molecule has 0 radical (unpaired) electrons. The molecule has 2 atom stereocenters. The van der Waals surface area contributed by atoms with Gasteiger partial charge in [-0.15, -0.1) is 0 Å². The van der Waals surface area contributed by atoms with Crippen molar-refractivity contribution in [2.75, 3.05) is 32.8 Å². The highest BCUT2D eigenvalue weighted by atomic mass is 16.5. The summed E-state index contributed by atoms with van der Waals surface area (Å²) in [6.07, 6.45) is 2.89. The summed E-state index contributed by atoms with van der Waals surface area (Å²) in [6.45, 7) is 6.78. The standard InChI is InChI=1S/C15H26N2O4/c1-3-5-15(13(18)19)6-8-17(11-15)14(20)16-7-4-9-21-12(2)10-16/h12H,3-11H2,1-2H3,(H,18,19). The SMILES string of the molecule is CCCC1(C(=O)O)CCN(C(=O)N2CCCOC(C)C2)C1. The van der Waals surface area contributed by atoms with E-state index in [0.29, 0.717) is 45.6 Å². The first kappa shape index (κ1) is 16.1. The number of carbonyl (C=O) groups is 2. The first-order chi connectivity index (χ1) is 9.98. The predicted octanol–water partition coefficient (Wildman–Crippen LogP) is 1.79. The largest absolute Gasteiger partial charge is 0.481 e. The number of likely N-dealkylation sites (tertiary alicyclic amines) is 1. The van der Waals surface area contributed by atoms with Crippen LogP contribution in [0.25, 0.3) is 0 Å². The van der Waals surface area contributed by atoms with E-state index >= 15 is 0 Å². The van der Waals surface area contributed by atoms with E-state index in [9.17, 15) is 14.7 Å². The number of nitrogens with zero attached hydrogens (tertiary/aromatic N) is 2. The van der Waals surface area contributed by atoms with Gasteiger partial charge in [0, 0.05) is 32.8 Å². The molecule has 0 bridgehead atoms. The van der Waals surface area contributed by atoms with E-state index < -0.39 is 11.4 Å². The molecule has 2 aliphatic rings. The van der Waals surface area contributed by atoms with Crippen molar-refractivity contribution in [2.45, 2.75) is 45.6 Å². The fourth-order valence-electron chi connectivity index (χ4n) is 3.37. The second-order valence-electron chi connectivity index (χ2n) is 6.27. The van der Waals surface area contributed by atoms with Gasteiger partial charge in [-0.05, 0) is 26.2 Å². The van der Waals surface area contributed by atoms with Gasteiger partial charge < -0.3 is 19.6 Å². The van der Waals surface area contributed by atoms with Gasteiger partial charge in [0.1, 0.15) is 0 Å². The third kappa shape index (κ3) is 3.48. The summed E-state index contributed by atoms with van der Waals surface area (Å²) >= 11 is 0. The molecule has 2 amide bonds. The normalized spacial score (nSPS) is 30.3. The maximum atomic E-state index is 12.6. The minimum Gasteiger partial charge on any atom is -0.481 e. The Balaban J connectivity index is 2.02. The number of hydrogen-bond donors (Lipinski definition) is 1. The molecule has 0 aliphatic carbocycles. The molecule has 0 aromatic heterocycles. The Kier molecular flexibility index (Phi) is 5.08. The maximum absolute atomic E-state index is 12.6. The Morgan fingerprint density at radius 1 is 1.33 bits per heavy atom. The highest BCUT2D eigenvalue weighted by Gasteiger charge is 2.46. The second-order valence-corrected chi connectivity index (χ2v) is 6.27. The van der Waals surface area contributed by atoms with Crippen LogP contribution in [0.1, 0.15) is 39.5 Å². The van der Waals surface area contributed by atoms with Gasteiger partial charge in [0.2, 0.25) is 0 Å². The molecule has 2 aliphatic heterocycles. The molecular formula is C15H26N2O4. The third-order valence-corrected chi connectivity index (χ3v) is 4.53. The van der Waals surface area contributed by atoms with E-state index in [4.69, 9.17) is 4.74 Å². The number of carbonyl (C=O) groups excluding carboxylic acids is 1. The zero-order valence-electron chi connectivity index (χ0n) is 13.0. The van der Waals surface area contributed by atoms with Crippen LogP contribution in [0.15, 0.2) is 0 Å². The van der Waals surface area contributed by atoms with Gasteiger partial charge in [0.05, 0.1) is 11.5 Å². The lowest BCUT2D eigenvalue weighted by molar-refractivity contribution is -0.148. The van der Waals surface area contributed by atoms with Crippen LogP contribution in [0.2, 0.25) is 0 Å². The number of ether oxygens (including phenoxy) is 1. The van der Waals surface area contributed by atoms with Crippen molar-refractivity contribution in [3.05, 3.63) is 0 Å². The lowest BCUT2D eigenvalue weighted by Gasteiger charge is -2.29. The average molecular weight is 298 g/mol. The quantitative estimate of drug-likeness (QED) is 0.862. The number of carboxylic acids is 1. The summed E-state index contributed by atoms with van der Waals surface area (Å²) in [5, 5.41) is 9.52. The van der Waals surface area contributed by atoms with Crippen molar-refractivity contribution in [1.82, 2.24) is 9.80 Å². The van der Waals surface area contributed by atoms with Crippen molar-refractivity contribution >= 4 is 12.0 Å². The molecular weight excluding hydrogens is 272 g/mol. The topological polar surface area (TPSA) is 70.1 Å². The van der Waals surface area contributed by atoms with Gasteiger partial charge in [-0.3, -0.25) is 4.79 Å². The van der Waals surface area contributed by atoms with Crippen LogP contribution in [0.5, 0.6) is 0 Å². The van der Waals surface area contributed by atoms with Crippen molar-refractivity contribution in [1.29, 1.82) is 0 Å². The summed E-state index contributed by atoms with van der Waals surface area (Å²) in [5.41, 5.74) is -0.752. The molecule has 2 heterocycles. The zero-order valence-corrected chi connectivity index (χ0v) is 13.0. The van der Waals surface area contributed by atoms with E-state index in [1.54, 1.807) is 4.90 Å². The van der Waals surface area contributed by atoms with Crippen molar-refractivity contribution in [3.8, 4) is 0 Å². The molecule has 2 fully saturated rings. The summed E-state index contributed by atoms with van der Waals surface area (Å²) in [4.78, 5) is 27.7. The average Bonchev–Trinajstić information content (AvgIpc) is 2.76. The molecule has 0 aromatic rings. The number of rotatable bonds is 3. The van der Waals surface area contributed by atoms with Crippen molar-refractivity contribution in [2.24, 2.45) is 5.41 Å². The fourth-order valence-corrected chi connectivity index (χ4v) is 3.37. The van der Waals surface area contributed by atoms with Crippen LogP contribution in [0.3, 0.4) is 0 Å². The maximum Gasteiger partial charge on any atom is 0.320 e. The molecule has 1 N–H and O–H groups in total. The minimum absolute atomic E-state index is 0.0356. The lowest BCUT2D eigenvalue weighted by Crippen LogP contribution is -2.46. The van der Waals surface area contributed by atoms with Gasteiger partial charge >= 0.3 is 12.0 Å². The Bertz CT molecular complexity index is 401. The smallest absolute Gasteiger partial charge is 0.320 e. The Labute approximate surface area is 126 Å². The molecule has 2 saturated heterocycles. The van der Waals surface area contributed by atoms with Gasteiger partial charge in [-0.2, -0.15) is 0 Å². The molecule has 6 heteroatoms. The van der Waals surface area contributed by atoms with Gasteiger partial charge in [-0.1, -0.05) is 13.3 Å². The number of carboxylic acid groups (broad SMARTS) is 1. The predicted molar refractivity (Wildman–Crippen MR) is 78.2 cm³/mol. The molecule has 2 rings (SSSR count). The molecule has 6 nitrogen and oxygen atoms in total.